The minimum absolute atomic E-state index is 0.742. The van der Waals surface area contributed by atoms with E-state index in [1.54, 1.807) is 5.92 Å². The molecule has 1 rings (SSSR count). The van der Waals surface area contributed by atoms with Crippen molar-refractivity contribution in [3.63, 3.8) is 0 Å². The number of hydrogen-bond acceptors (Lipinski definition) is 1. The highest BCUT2D eigenvalue weighted by molar-refractivity contribution is 5.27. The highest BCUT2D eigenvalue weighted by Crippen LogP contribution is 2.15. The molecule has 0 aromatic heterocycles. The molecule has 0 unspecified atom stereocenters. The predicted octanol–water partition coefficient (Wildman–Crippen LogP) is 4.80. The lowest BCUT2D eigenvalue weighted by molar-refractivity contribution is 0.340. The van der Waals surface area contributed by atoms with Crippen molar-refractivity contribution in [1.82, 2.24) is 0 Å². The summed E-state index contributed by atoms with van der Waals surface area (Å²) in [6.07, 6.45) is 6.43. The van der Waals surface area contributed by atoms with Crippen molar-refractivity contribution in [2.45, 2.75) is 52.9 Å². The van der Waals surface area contributed by atoms with Crippen molar-refractivity contribution < 1.29 is 4.74 Å². The molecule has 0 heterocycles. The second-order valence-corrected chi connectivity index (χ2v) is 4.84. The fourth-order valence-electron chi connectivity index (χ4n) is 1.90. The van der Waals surface area contributed by atoms with Gasteiger partial charge in [-0.15, -0.1) is 0 Å². The summed E-state index contributed by atoms with van der Waals surface area (Å²) in [5.74, 6) is 2.53. The van der Waals surface area contributed by atoms with Gasteiger partial charge < -0.3 is 4.74 Å². The normalized spacial score (nSPS) is 10.8. The molecule has 0 saturated carbocycles. The number of hydrogen-bond donors (Lipinski definition) is 0. The van der Waals surface area contributed by atoms with Crippen LogP contribution in [0.2, 0.25) is 0 Å². The van der Waals surface area contributed by atoms with Gasteiger partial charge in [0.2, 0.25) is 0 Å². The smallest absolute Gasteiger partial charge is 0.119 e. The fraction of sp³-hybridized carbons (Fsp3) is 0.562. The molecule has 0 atom stereocenters. The van der Waals surface area contributed by atoms with Gasteiger partial charge in [-0.2, -0.15) is 0 Å². The van der Waals surface area contributed by atoms with Crippen molar-refractivity contribution in [1.29, 1.82) is 0 Å². The first-order valence-corrected chi connectivity index (χ1v) is 6.73. The molecule has 0 bridgehead atoms. The lowest BCUT2D eigenvalue weighted by Gasteiger charge is -2.06. The fourth-order valence-corrected chi connectivity index (χ4v) is 1.90. The molecule has 0 aliphatic heterocycles. The first kappa shape index (κ1) is 14.1. The number of ether oxygens (including phenoxy) is 1. The van der Waals surface area contributed by atoms with Gasteiger partial charge in [-0.25, -0.2) is 0 Å². The van der Waals surface area contributed by atoms with Crippen LogP contribution in [0.1, 0.15) is 52.0 Å². The zero-order valence-electron chi connectivity index (χ0n) is 11.5. The van der Waals surface area contributed by atoms with Crippen LogP contribution in [0.3, 0.4) is 0 Å². The molecular weight excluding hydrogens is 208 g/mol. The molecule has 1 aromatic carbocycles. The Morgan fingerprint density at radius 1 is 1.00 bits per heavy atom. The highest BCUT2D eigenvalue weighted by atomic mass is 16.5. The summed E-state index contributed by atoms with van der Waals surface area (Å²) in [5.41, 5.74) is 1.42. The maximum atomic E-state index is 5.43. The van der Waals surface area contributed by atoms with Crippen molar-refractivity contribution in [2.75, 3.05) is 6.61 Å². The molecule has 95 valence electrons. The van der Waals surface area contributed by atoms with E-state index in [-0.39, 0.29) is 0 Å². The Bertz CT molecular complexity index is 287. The van der Waals surface area contributed by atoms with E-state index < -0.39 is 0 Å². The third kappa shape index (κ3) is 6.35. The van der Waals surface area contributed by atoms with E-state index in [2.05, 4.69) is 38.1 Å². The zero-order chi connectivity index (χ0) is 12.5. The second-order valence-electron chi connectivity index (χ2n) is 4.84. The average molecular weight is 233 g/mol. The van der Waals surface area contributed by atoms with Gasteiger partial charge in [-0.1, -0.05) is 38.8 Å². The molecule has 1 nitrogen and oxygen atoms in total. The molecule has 0 N–H and O–H groups in total. The molecule has 1 radical (unpaired) electrons. The van der Waals surface area contributed by atoms with Crippen LogP contribution in [0.25, 0.3) is 0 Å². The number of rotatable bonds is 8. The average Bonchev–Trinajstić information content (AvgIpc) is 2.31. The SMILES string of the molecule is CCOc1ccc(CCCCC[C](C)C)cc1. The van der Waals surface area contributed by atoms with Gasteiger partial charge in [0.1, 0.15) is 5.75 Å². The van der Waals surface area contributed by atoms with Crippen LogP contribution < -0.4 is 4.74 Å². The summed E-state index contributed by atoms with van der Waals surface area (Å²) in [6.45, 7) is 7.19. The molecule has 0 fully saturated rings. The number of unbranched alkanes of at least 4 members (excludes halogenated alkanes) is 2. The van der Waals surface area contributed by atoms with E-state index in [9.17, 15) is 0 Å². The van der Waals surface area contributed by atoms with Crippen molar-refractivity contribution in [3.05, 3.63) is 35.7 Å². The Labute approximate surface area is 106 Å². The van der Waals surface area contributed by atoms with Gasteiger partial charge in [0, 0.05) is 0 Å². The minimum Gasteiger partial charge on any atom is -0.494 e. The maximum absolute atomic E-state index is 5.43. The maximum Gasteiger partial charge on any atom is 0.119 e. The first-order valence-electron chi connectivity index (χ1n) is 6.73. The Morgan fingerprint density at radius 2 is 1.71 bits per heavy atom. The number of aryl methyl sites for hydroxylation is 1. The molecule has 1 aromatic rings. The van der Waals surface area contributed by atoms with Gasteiger partial charge in [-0.05, 0) is 49.8 Å². The first-order chi connectivity index (χ1) is 8.22. The van der Waals surface area contributed by atoms with E-state index in [1.807, 2.05) is 6.92 Å². The van der Waals surface area contributed by atoms with E-state index in [1.165, 1.54) is 37.7 Å². The van der Waals surface area contributed by atoms with Crippen molar-refractivity contribution >= 4 is 0 Å². The van der Waals surface area contributed by atoms with E-state index in [4.69, 9.17) is 4.74 Å². The quantitative estimate of drug-likeness (QED) is 0.586. The lowest BCUT2D eigenvalue weighted by atomic mass is 10.0. The molecule has 1 heteroatoms. The van der Waals surface area contributed by atoms with Crippen LogP contribution in [0.5, 0.6) is 5.75 Å². The third-order valence-electron chi connectivity index (χ3n) is 2.88. The molecule has 0 amide bonds. The van der Waals surface area contributed by atoms with Crippen LogP contribution in [0, 0.1) is 5.92 Å². The molecule has 17 heavy (non-hydrogen) atoms. The largest absolute Gasteiger partial charge is 0.494 e. The van der Waals surface area contributed by atoms with Gasteiger partial charge >= 0.3 is 0 Å². The van der Waals surface area contributed by atoms with Crippen LogP contribution in [0.15, 0.2) is 24.3 Å². The molecule has 0 saturated heterocycles. The van der Waals surface area contributed by atoms with Crippen LogP contribution in [-0.4, -0.2) is 6.61 Å². The summed E-state index contributed by atoms with van der Waals surface area (Å²) in [6, 6.07) is 8.51. The van der Waals surface area contributed by atoms with Gasteiger partial charge in [0.05, 0.1) is 6.61 Å². The summed E-state index contributed by atoms with van der Waals surface area (Å²) < 4.78 is 5.43. The van der Waals surface area contributed by atoms with Crippen molar-refractivity contribution in [3.8, 4) is 5.75 Å². The second kappa shape index (κ2) is 8.16. The predicted molar refractivity (Wildman–Crippen MR) is 74.4 cm³/mol. The summed E-state index contributed by atoms with van der Waals surface area (Å²) >= 11 is 0. The monoisotopic (exact) mass is 233 g/mol. The lowest BCUT2D eigenvalue weighted by Crippen LogP contribution is -1.92. The van der Waals surface area contributed by atoms with Crippen LogP contribution in [0.4, 0.5) is 0 Å². The van der Waals surface area contributed by atoms with Gasteiger partial charge in [-0.3, -0.25) is 0 Å². The van der Waals surface area contributed by atoms with E-state index in [0.717, 1.165) is 12.4 Å². The van der Waals surface area contributed by atoms with Crippen molar-refractivity contribution in [2.24, 2.45) is 0 Å². The summed E-state index contributed by atoms with van der Waals surface area (Å²) in [5, 5.41) is 0. The highest BCUT2D eigenvalue weighted by Gasteiger charge is 1.97. The van der Waals surface area contributed by atoms with Gasteiger partial charge in [0.15, 0.2) is 0 Å². The Balaban J connectivity index is 2.18. The van der Waals surface area contributed by atoms with Crippen LogP contribution in [-0.2, 0) is 6.42 Å². The van der Waals surface area contributed by atoms with E-state index >= 15 is 0 Å². The summed E-state index contributed by atoms with van der Waals surface area (Å²) in [4.78, 5) is 0. The minimum atomic E-state index is 0.742. The van der Waals surface area contributed by atoms with Gasteiger partial charge in [0.25, 0.3) is 0 Å². The van der Waals surface area contributed by atoms with Crippen LogP contribution >= 0.6 is 0 Å². The number of benzene rings is 1. The molecule has 0 aliphatic rings. The Morgan fingerprint density at radius 3 is 2.29 bits per heavy atom. The summed E-state index contributed by atoms with van der Waals surface area (Å²) in [7, 11) is 0. The van der Waals surface area contributed by atoms with E-state index in [0.29, 0.717) is 0 Å². The zero-order valence-corrected chi connectivity index (χ0v) is 11.5. The third-order valence-corrected chi connectivity index (χ3v) is 2.88. The topological polar surface area (TPSA) is 9.23 Å². The molecule has 0 spiro atoms. The Hall–Kier alpha value is -0.980. The molecule has 0 aliphatic carbocycles. The Kier molecular flexibility index (Phi) is 6.76. The standard InChI is InChI=1S/C16H25O/c1-4-17-16-12-10-15(11-13-16)9-7-5-6-8-14(2)3/h10-13H,4-9H2,1-3H3. The molecular formula is C16H25O.